The molecule has 0 spiro atoms. The van der Waals surface area contributed by atoms with E-state index in [2.05, 4.69) is 152 Å². The van der Waals surface area contributed by atoms with Gasteiger partial charge in [0.05, 0.1) is 5.56 Å². The number of fused-ring (bicyclic) bond motifs is 6. The van der Waals surface area contributed by atoms with Gasteiger partial charge in [-0.15, -0.1) is 11.3 Å². The Kier molecular flexibility index (Phi) is 7.64. The average molecular weight is 734 g/mol. The third-order valence-electron chi connectivity index (χ3n) is 10.5. The minimum absolute atomic E-state index is 0.558. The lowest BCUT2D eigenvalue weighted by molar-refractivity contribution is 0.670. The summed E-state index contributed by atoms with van der Waals surface area (Å²) >= 11 is 1.83. The molecule has 11 rings (SSSR count). The van der Waals surface area contributed by atoms with Crippen molar-refractivity contribution in [1.29, 1.82) is 0 Å². The summed E-state index contributed by atoms with van der Waals surface area (Å²) in [6.45, 7) is 0. The fourth-order valence-corrected chi connectivity index (χ4v) is 9.05. The second-order valence-electron chi connectivity index (χ2n) is 13.9. The first kappa shape index (κ1) is 32.2. The topological polar surface area (TPSA) is 51.8 Å². The van der Waals surface area contributed by atoms with E-state index in [1.54, 1.807) is 0 Å². The molecule has 3 aromatic heterocycles. The van der Waals surface area contributed by atoms with Crippen LogP contribution in [0.2, 0.25) is 0 Å². The molecule has 0 amide bonds. The zero-order valence-corrected chi connectivity index (χ0v) is 30.9. The van der Waals surface area contributed by atoms with Gasteiger partial charge in [0.2, 0.25) is 0 Å². The molecule has 0 bridgehead atoms. The van der Waals surface area contributed by atoms with Crippen LogP contribution in [-0.2, 0) is 0 Å². The highest BCUT2D eigenvalue weighted by atomic mass is 32.1. The smallest absolute Gasteiger partial charge is 0.167 e. The molecule has 5 heteroatoms. The Morgan fingerprint density at radius 2 is 0.839 bits per heavy atom. The lowest BCUT2D eigenvalue weighted by atomic mass is 9.93. The quantitative estimate of drug-likeness (QED) is 0.171. The molecule has 0 atom stereocenters. The Hall–Kier alpha value is -7.21. The first-order valence-corrected chi connectivity index (χ1v) is 19.5. The molecule has 4 nitrogen and oxygen atoms in total. The highest BCUT2D eigenvalue weighted by Gasteiger charge is 2.22. The van der Waals surface area contributed by atoms with Crippen molar-refractivity contribution >= 4 is 53.4 Å². The van der Waals surface area contributed by atoms with E-state index in [-0.39, 0.29) is 0 Å². The molecule has 0 unspecified atom stereocenters. The number of hydrogen-bond acceptors (Lipinski definition) is 5. The van der Waals surface area contributed by atoms with Crippen molar-refractivity contribution in [3.8, 4) is 67.5 Å². The standard InChI is InChI=1S/C51H31N3OS/c1-4-15-32(16-5-1)35-21-12-22-36(29-35)50-52-49(34-19-8-3-9-20-34)53-51(54-50)42-27-14-25-39-38-24-13-26-40(47(38)55-48(39)42)43-30-37(33-17-6-2-7-18-33)31-45-46(43)41-23-10-11-28-44(41)56-45/h1-31H. The summed E-state index contributed by atoms with van der Waals surface area (Å²) < 4.78 is 9.59. The van der Waals surface area contributed by atoms with Gasteiger partial charge in [0.25, 0.3) is 0 Å². The van der Waals surface area contributed by atoms with E-state index in [0.29, 0.717) is 17.5 Å². The Labute approximate surface area is 327 Å². The molecular weight excluding hydrogens is 703 g/mol. The minimum atomic E-state index is 0.558. The van der Waals surface area contributed by atoms with Crippen LogP contribution in [0.5, 0.6) is 0 Å². The summed E-state index contributed by atoms with van der Waals surface area (Å²) in [7, 11) is 0. The van der Waals surface area contributed by atoms with Gasteiger partial charge >= 0.3 is 0 Å². The van der Waals surface area contributed by atoms with E-state index >= 15 is 0 Å². The van der Waals surface area contributed by atoms with Gasteiger partial charge in [0.1, 0.15) is 11.2 Å². The number of para-hydroxylation sites is 2. The normalized spacial score (nSPS) is 11.6. The van der Waals surface area contributed by atoms with Crippen LogP contribution >= 0.6 is 11.3 Å². The molecule has 0 aliphatic heterocycles. The number of hydrogen-bond donors (Lipinski definition) is 0. The highest BCUT2D eigenvalue weighted by molar-refractivity contribution is 7.26. The Bertz CT molecular complexity index is 3240. The average Bonchev–Trinajstić information content (AvgIpc) is 3.86. The van der Waals surface area contributed by atoms with E-state index in [4.69, 9.17) is 19.4 Å². The van der Waals surface area contributed by atoms with Crippen molar-refractivity contribution in [3.05, 3.63) is 188 Å². The van der Waals surface area contributed by atoms with E-state index in [0.717, 1.165) is 60.9 Å². The van der Waals surface area contributed by atoms with Gasteiger partial charge in [-0.25, -0.2) is 15.0 Å². The number of rotatable bonds is 6. The lowest BCUT2D eigenvalue weighted by Gasteiger charge is -2.10. The van der Waals surface area contributed by atoms with Gasteiger partial charge in [0.15, 0.2) is 17.5 Å². The van der Waals surface area contributed by atoms with Crippen molar-refractivity contribution in [2.45, 2.75) is 0 Å². The monoisotopic (exact) mass is 733 g/mol. The predicted octanol–water partition coefficient (Wildman–Crippen LogP) is 14.1. The highest BCUT2D eigenvalue weighted by Crippen LogP contribution is 2.46. The second kappa shape index (κ2) is 13.3. The summed E-state index contributed by atoms with van der Waals surface area (Å²) in [5.74, 6) is 1.77. The van der Waals surface area contributed by atoms with Crippen molar-refractivity contribution in [2.75, 3.05) is 0 Å². The molecule has 262 valence electrons. The lowest BCUT2D eigenvalue weighted by Crippen LogP contribution is -2.00. The molecule has 0 aliphatic rings. The van der Waals surface area contributed by atoms with Crippen molar-refractivity contribution < 1.29 is 4.42 Å². The fraction of sp³-hybridized carbons (Fsp3) is 0. The van der Waals surface area contributed by atoms with Crippen LogP contribution in [0.15, 0.2) is 192 Å². The van der Waals surface area contributed by atoms with E-state index in [1.807, 2.05) is 47.7 Å². The molecule has 0 fully saturated rings. The summed E-state index contributed by atoms with van der Waals surface area (Å²) in [6.07, 6.45) is 0. The fourth-order valence-electron chi connectivity index (χ4n) is 7.88. The summed E-state index contributed by atoms with van der Waals surface area (Å²) in [6, 6.07) is 65.6. The van der Waals surface area contributed by atoms with Gasteiger partial charge in [-0.05, 0) is 58.1 Å². The van der Waals surface area contributed by atoms with E-state index in [1.165, 1.54) is 31.3 Å². The molecular formula is C51H31N3OS. The first-order chi connectivity index (χ1) is 27.7. The molecule has 0 radical (unpaired) electrons. The summed E-state index contributed by atoms with van der Waals surface area (Å²) in [5.41, 5.74) is 11.0. The van der Waals surface area contributed by atoms with Crippen LogP contribution in [0, 0.1) is 0 Å². The maximum absolute atomic E-state index is 7.08. The molecule has 8 aromatic carbocycles. The number of aromatic nitrogens is 3. The minimum Gasteiger partial charge on any atom is -0.455 e. The van der Waals surface area contributed by atoms with Crippen LogP contribution in [0.25, 0.3) is 110 Å². The number of furan rings is 1. The zero-order valence-electron chi connectivity index (χ0n) is 30.1. The second-order valence-corrected chi connectivity index (χ2v) is 15.0. The first-order valence-electron chi connectivity index (χ1n) is 18.7. The number of thiophene rings is 1. The maximum Gasteiger partial charge on any atom is 0.167 e. The molecule has 11 aromatic rings. The van der Waals surface area contributed by atoms with Crippen LogP contribution in [-0.4, -0.2) is 15.0 Å². The zero-order chi connectivity index (χ0) is 37.0. The molecule has 0 saturated carbocycles. The van der Waals surface area contributed by atoms with E-state index < -0.39 is 0 Å². The SMILES string of the molecule is c1ccc(-c2cccc(-c3nc(-c4ccccc4)nc(-c4cccc5c4oc4c(-c6cc(-c7ccccc7)cc7sc8ccccc8c67)cccc45)n3)c2)cc1. The molecule has 56 heavy (non-hydrogen) atoms. The third kappa shape index (κ3) is 5.48. The Balaban J connectivity index is 1.14. The molecule has 3 heterocycles. The Morgan fingerprint density at radius 1 is 0.321 bits per heavy atom. The molecule has 0 saturated heterocycles. The predicted molar refractivity (Wildman–Crippen MR) is 233 cm³/mol. The van der Waals surface area contributed by atoms with E-state index in [9.17, 15) is 0 Å². The number of benzene rings is 8. The third-order valence-corrected chi connectivity index (χ3v) is 11.7. The summed E-state index contributed by atoms with van der Waals surface area (Å²) in [5, 5.41) is 4.55. The number of nitrogens with zero attached hydrogens (tertiary/aromatic N) is 3. The van der Waals surface area contributed by atoms with Gasteiger partial charge in [0, 0.05) is 47.6 Å². The van der Waals surface area contributed by atoms with Gasteiger partial charge in [-0.3, -0.25) is 0 Å². The molecule has 0 N–H and O–H groups in total. The van der Waals surface area contributed by atoms with Gasteiger partial charge in [-0.2, -0.15) is 0 Å². The van der Waals surface area contributed by atoms with Crippen LogP contribution in [0.1, 0.15) is 0 Å². The van der Waals surface area contributed by atoms with Gasteiger partial charge < -0.3 is 4.42 Å². The summed E-state index contributed by atoms with van der Waals surface area (Å²) in [4.78, 5) is 15.3. The largest absolute Gasteiger partial charge is 0.455 e. The van der Waals surface area contributed by atoms with Crippen LogP contribution < -0.4 is 0 Å². The van der Waals surface area contributed by atoms with Crippen molar-refractivity contribution in [3.63, 3.8) is 0 Å². The molecule has 0 aliphatic carbocycles. The van der Waals surface area contributed by atoms with Crippen molar-refractivity contribution in [2.24, 2.45) is 0 Å². The Morgan fingerprint density at radius 3 is 1.57 bits per heavy atom. The van der Waals surface area contributed by atoms with Crippen molar-refractivity contribution in [1.82, 2.24) is 15.0 Å². The van der Waals surface area contributed by atoms with Crippen LogP contribution in [0.4, 0.5) is 0 Å². The van der Waals surface area contributed by atoms with Crippen LogP contribution in [0.3, 0.4) is 0 Å². The van der Waals surface area contributed by atoms with Gasteiger partial charge in [-0.1, -0.05) is 158 Å². The maximum atomic E-state index is 7.08.